The van der Waals surface area contributed by atoms with Gasteiger partial charge in [-0.05, 0) is 25.7 Å². The van der Waals surface area contributed by atoms with E-state index in [4.69, 9.17) is 5.11 Å². The Kier molecular flexibility index (Phi) is 7.74. The van der Waals surface area contributed by atoms with Crippen molar-refractivity contribution in [1.29, 1.82) is 0 Å². The number of amides is 1. The molecule has 0 aromatic rings. The monoisotopic (exact) mass is 308 g/mol. The van der Waals surface area contributed by atoms with Gasteiger partial charge in [0.05, 0.1) is 11.8 Å². The third-order valence-corrected chi connectivity index (χ3v) is 4.20. The van der Waals surface area contributed by atoms with Gasteiger partial charge in [0.15, 0.2) is 0 Å². The highest BCUT2D eigenvalue weighted by atomic mass is 32.2. The van der Waals surface area contributed by atoms with Crippen LogP contribution in [0, 0.1) is 5.92 Å². The highest BCUT2D eigenvalue weighted by Gasteiger charge is 2.25. The maximum atomic E-state index is 11.8. The number of hydrogen-bond donors (Lipinski definition) is 3. The van der Waals surface area contributed by atoms with E-state index in [2.05, 4.69) is 10.0 Å². The number of carbonyl (C=O) groups is 2. The lowest BCUT2D eigenvalue weighted by atomic mass is 10.0. The number of carboxylic acids is 1. The van der Waals surface area contributed by atoms with Crippen LogP contribution in [0.5, 0.6) is 0 Å². The van der Waals surface area contributed by atoms with E-state index in [9.17, 15) is 18.0 Å². The highest BCUT2D eigenvalue weighted by molar-refractivity contribution is 7.89. The Hall–Kier alpha value is -1.15. The molecule has 0 saturated carbocycles. The van der Waals surface area contributed by atoms with Gasteiger partial charge in [0, 0.05) is 0 Å². The second-order valence-electron chi connectivity index (χ2n) is 5.19. The lowest BCUT2D eigenvalue weighted by Crippen LogP contribution is -2.50. The Balaban J connectivity index is 4.61. The molecule has 0 fully saturated rings. The molecular weight excluding hydrogens is 284 g/mol. The van der Waals surface area contributed by atoms with Crippen LogP contribution in [0.1, 0.15) is 40.5 Å². The van der Waals surface area contributed by atoms with Crippen LogP contribution in [0.3, 0.4) is 0 Å². The molecule has 3 N–H and O–H groups in total. The van der Waals surface area contributed by atoms with Crippen molar-refractivity contribution < 1.29 is 23.1 Å². The number of carboxylic acid groups (broad SMARTS) is 1. The van der Waals surface area contributed by atoms with Crippen molar-refractivity contribution in [2.24, 2.45) is 5.92 Å². The van der Waals surface area contributed by atoms with E-state index in [0.29, 0.717) is 6.42 Å². The van der Waals surface area contributed by atoms with Gasteiger partial charge in [-0.1, -0.05) is 20.8 Å². The van der Waals surface area contributed by atoms with E-state index in [1.54, 1.807) is 6.92 Å². The van der Waals surface area contributed by atoms with Gasteiger partial charge in [-0.2, -0.15) is 0 Å². The summed E-state index contributed by atoms with van der Waals surface area (Å²) in [5.41, 5.74) is 0. The predicted molar refractivity (Wildman–Crippen MR) is 75.7 cm³/mol. The molecule has 1 amide bonds. The molecule has 0 saturated heterocycles. The van der Waals surface area contributed by atoms with Gasteiger partial charge >= 0.3 is 5.97 Å². The van der Waals surface area contributed by atoms with Crippen LogP contribution in [-0.2, 0) is 19.6 Å². The molecule has 0 spiro atoms. The fourth-order valence-corrected chi connectivity index (χ4v) is 2.94. The summed E-state index contributed by atoms with van der Waals surface area (Å²) in [6, 6.07) is -2.01. The zero-order chi connectivity index (χ0) is 15.9. The maximum absolute atomic E-state index is 11.8. The average Bonchev–Trinajstić information content (AvgIpc) is 2.26. The third kappa shape index (κ3) is 7.44. The summed E-state index contributed by atoms with van der Waals surface area (Å²) in [7, 11) is -3.51. The Bertz CT molecular complexity index is 433. The molecule has 20 heavy (non-hydrogen) atoms. The largest absolute Gasteiger partial charge is 0.480 e. The van der Waals surface area contributed by atoms with Crippen molar-refractivity contribution in [3.63, 3.8) is 0 Å². The second kappa shape index (κ2) is 8.21. The Labute approximate surface area is 120 Å². The van der Waals surface area contributed by atoms with Gasteiger partial charge in [0.25, 0.3) is 0 Å². The molecule has 0 radical (unpaired) electrons. The third-order valence-electron chi connectivity index (χ3n) is 2.54. The van der Waals surface area contributed by atoms with Crippen molar-refractivity contribution in [2.45, 2.75) is 52.6 Å². The van der Waals surface area contributed by atoms with E-state index in [1.165, 1.54) is 6.92 Å². The molecule has 1 unspecified atom stereocenters. The maximum Gasteiger partial charge on any atom is 0.326 e. The molecule has 0 aromatic heterocycles. The minimum Gasteiger partial charge on any atom is -0.480 e. The first kappa shape index (κ1) is 18.9. The van der Waals surface area contributed by atoms with Crippen LogP contribution in [0.25, 0.3) is 0 Å². The quantitative estimate of drug-likeness (QED) is 0.568. The van der Waals surface area contributed by atoms with Gasteiger partial charge in [0.1, 0.15) is 6.04 Å². The zero-order valence-corrected chi connectivity index (χ0v) is 13.2. The van der Waals surface area contributed by atoms with Gasteiger partial charge in [-0.15, -0.1) is 0 Å². The summed E-state index contributed by atoms with van der Waals surface area (Å²) in [4.78, 5) is 22.8. The van der Waals surface area contributed by atoms with E-state index in [-0.39, 0.29) is 18.1 Å². The van der Waals surface area contributed by atoms with E-state index >= 15 is 0 Å². The molecule has 0 rings (SSSR count). The fourth-order valence-electron chi connectivity index (χ4n) is 1.64. The minimum absolute atomic E-state index is 0.0705. The average molecular weight is 308 g/mol. The van der Waals surface area contributed by atoms with Crippen molar-refractivity contribution in [1.82, 2.24) is 10.0 Å². The summed E-state index contributed by atoms with van der Waals surface area (Å²) < 4.78 is 25.3. The van der Waals surface area contributed by atoms with Crippen LogP contribution in [-0.4, -0.2) is 43.2 Å². The van der Waals surface area contributed by atoms with Crippen molar-refractivity contribution >= 4 is 21.9 Å². The molecule has 118 valence electrons. The number of rotatable bonds is 9. The summed E-state index contributed by atoms with van der Waals surface area (Å²) in [6.07, 6.45) is 0.726. The Morgan fingerprint density at radius 2 is 1.75 bits per heavy atom. The highest BCUT2D eigenvalue weighted by Crippen LogP contribution is 2.05. The fraction of sp³-hybridized carbons (Fsp3) is 0.833. The van der Waals surface area contributed by atoms with Crippen LogP contribution in [0.4, 0.5) is 0 Å². The Morgan fingerprint density at radius 3 is 2.15 bits per heavy atom. The molecule has 7 nitrogen and oxygen atoms in total. The molecule has 0 bridgehead atoms. The van der Waals surface area contributed by atoms with Crippen LogP contribution in [0.2, 0.25) is 0 Å². The number of nitrogens with one attached hydrogen (secondary N) is 2. The molecular formula is C12H24N2O5S. The number of aliphatic carboxylic acids is 1. The standard InChI is InChI=1S/C12H24N2O5S/c1-5-6-20(18,19)14-9(4)11(15)13-10(12(16)17)7-8(2)3/h8-10,14H,5-7H2,1-4H3,(H,13,15)(H,16,17)/t9?,10-/m1/s1. The summed E-state index contributed by atoms with van der Waals surface area (Å²) in [5, 5.41) is 11.4. The predicted octanol–water partition coefficient (Wildman–Crippen LogP) is 0.320. The number of sulfonamides is 1. The molecule has 8 heteroatoms. The van der Waals surface area contributed by atoms with Gasteiger partial charge < -0.3 is 10.4 Å². The lowest BCUT2D eigenvalue weighted by molar-refractivity contribution is -0.142. The first-order chi connectivity index (χ1) is 9.09. The summed E-state index contributed by atoms with van der Waals surface area (Å²) in [6.45, 7) is 6.79. The van der Waals surface area contributed by atoms with E-state index in [0.717, 1.165) is 0 Å². The number of carbonyl (C=O) groups excluding carboxylic acids is 1. The summed E-state index contributed by atoms with van der Waals surface area (Å²) >= 11 is 0. The number of hydrogen-bond acceptors (Lipinski definition) is 4. The van der Waals surface area contributed by atoms with Crippen molar-refractivity contribution in [3.8, 4) is 0 Å². The molecule has 0 aliphatic heterocycles. The van der Waals surface area contributed by atoms with Gasteiger partial charge in [-0.25, -0.2) is 17.9 Å². The van der Waals surface area contributed by atoms with Crippen LogP contribution in [0.15, 0.2) is 0 Å². The van der Waals surface area contributed by atoms with Crippen molar-refractivity contribution in [2.75, 3.05) is 5.75 Å². The molecule has 0 aliphatic carbocycles. The van der Waals surface area contributed by atoms with Gasteiger partial charge in [-0.3, -0.25) is 4.79 Å². The first-order valence-electron chi connectivity index (χ1n) is 6.62. The first-order valence-corrected chi connectivity index (χ1v) is 8.27. The topological polar surface area (TPSA) is 113 Å². The smallest absolute Gasteiger partial charge is 0.326 e. The van der Waals surface area contributed by atoms with Crippen LogP contribution >= 0.6 is 0 Å². The molecule has 0 aliphatic rings. The second-order valence-corrected chi connectivity index (χ2v) is 7.06. The summed E-state index contributed by atoms with van der Waals surface area (Å²) in [5.74, 6) is -1.74. The van der Waals surface area contributed by atoms with Gasteiger partial charge in [0.2, 0.25) is 15.9 Å². The van der Waals surface area contributed by atoms with Crippen molar-refractivity contribution in [3.05, 3.63) is 0 Å². The molecule has 0 aromatic carbocycles. The zero-order valence-electron chi connectivity index (χ0n) is 12.3. The Morgan fingerprint density at radius 1 is 1.20 bits per heavy atom. The minimum atomic E-state index is -3.51. The van der Waals surface area contributed by atoms with E-state index < -0.39 is 34.0 Å². The SMILES string of the molecule is CCCS(=O)(=O)NC(C)C(=O)N[C@H](CC(C)C)C(=O)O. The lowest BCUT2D eigenvalue weighted by Gasteiger charge is -2.19. The molecule has 2 atom stereocenters. The normalized spacial score (nSPS) is 14.8. The molecule has 0 heterocycles. The van der Waals surface area contributed by atoms with Crippen LogP contribution < -0.4 is 10.0 Å². The van der Waals surface area contributed by atoms with E-state index in [1.807, 2.05) is 13.8 Å².